The van der Waals surface area contributed by atoms with E-state index in [4.69, 9.17) is 0 Å². The van der Waals surface area contributed by atoms with Gasteiger partial charge in [0.05, 0.1) is 35.8 Å². The Morgan fingerprint density at radius 2 is 0.423 bits per heavy atom. The molecule has 0 bridgehead atoms. The van der Waals surface area contributed by atoms with Crippen LogP contribution >= 0.6 is 0 Å². The van der Waals surface area contributed by atoms with E-state index in [2.05, 4.69) is 0 Å². The molecule has 0 unspecified atom stereocenters. The summed E-state index contributed by atoms with van der Waals surface area (Å²) in [5.41, 5.74) is 0. The maximum absolute atomic E-state index is 9.41. The Hall–Kier alpha value is -1.57. The van der Waals surface area contributed by atoms with E-state index in [1.165, 1.54) is 0 Å². The molecule has 0 amide bonds. The van der Waals surface area contributed by atoms with Crippen LogP contribution in [0.3, 0.4) is 0 Å². The molecule has 26 heavy (non-hydrogen) atoms. The minimum Gasteiger partial charge on any atom is -0.545 e. The van der Waals surface area contributed by atoms with Gasteiger partial charge in [0, 0.05) is 0 Å². The second kappa shape index (κ2) is 23.4. The Balaban J connectivity index is -0.0000000817. The van der Waals surface area contributed by atoms with Gasteiger partial charge in [0.2, 0.25) is 0 Å². The largest absolute Gasteiger partial charge is 3.00 e. The van der Waals surface area contributed by atoms with Crippen LogP contribution in [0, 0.1) is 71.2 Å². The van der Waals surface area contributed by atoms with Crippen molar-refractivity contribution in [2.24, 2.45) is 0 Å². The predicted octanol–water partition coefficient (Wildman–Crippen LogP) is -8.87. The molecular formula is C12H6La2O12. The Kier molecular flexibility index (Phi) is 32.0. The minimum atomic E-state index is -1.55. The molecule has 0 rings (SSSR count). The monoisotopic (exact) mass is 620 g/mol. The van der Waals surface area contributed by atoms with Crippen LogP contribution < -0.4 is 30.6 Å². The van der Waals surface area contributed by atoms with Gasteiger partial charge in [0.25, 0.3) is 0 Å². The number of hydrogen-bond acceptors (Lipinski definition) is 12. The molecule has 0 radical (unpaired) electrons. The van der Waals surface area contributed by atoms with Gasteiger partial charge in [-0.25, -0.2) is 0 Å². The van der Waals surface area contributed by atoms with Crippen molar-refractivity contribution >= 4 is 35.8 Å². The molecule has 0 aliphatic rings. The van der Waals surface area contributed by atoms with Crippen LogP contribution in [0.5, 0.6) is 0 Å². The van der Waals surface area contributed by atoms with E-state index in [9.17, 15) is 59.4 Å². The molecule has 14 heteroatoms. The van der Waals surface area contributed by atoms with Crippen molar-refractivity contribution in [3.63, 3.8) is 0 Å². The molecular weight excluding hydrogens is 614 g/mol. The second-order valence-corrected chi connectivity index (χ2v) is 2.91. The van der Waals surface area contributed by atoms with Crippen LogP contribution in [0.4, 0.5) is 0 Å². The molecule has 132 valence electrons. The summed E-state index contributed by atoms with van der Waals surface area (Å²) < 4.78 is 0. The van der Waals surface area contributed by atoms with Crippen LogP contribution in [0.15, 0.2) is 36.5 Å². The first-order valence-electron chi connectivity index (χ1n) is 5.18. The third-order valence-corrected chi connectivity index (χ3v) is 1.07. The average Bonchev–Trinajstić information content (AvgIpc) is 2.42. The van der Waals surface area contributed by atoms with E-state index in [0.29, 0.717) is 36.5 Å². The van der Waals surface area contributed by atoms with Crippen molar-refractivity contribution in [1.29, 1.82) is 0 Å². The number of aliphatic carboxylic acids is 6. The van der Waals surface area contributed by atoms with Crippen molar-refractivity contribution in [3.8, 4) is 0 Å². The fraction of sp³-hybridized carbons (Fsp3) is 0. The molecule has 0 aliphatic heterocycles. The quantitative estimate of drug-likeness (QED) is 0.252. The Morgan fingerprint density at radius 1 is 0.346 bits per heavy atom. The fourth-order valence-corrected chi connectivity index (χ4v) is 0.408. The van der Waals surface area contributed by atoms with E-state index < -0.39 is 35.8 Å². The normalized spacial score (nSPS) is 8.77. The fourth-order valence-electron chi connectivity index (χ4n) is 0.408. The smallest absolute Gasteiger partial charge is 0.545 e. The molecule has 12 nitrogen and oxygen atoms in total. The van der Waals surface area contributed by atoms with Gasteiger partial charge in [-0.1, -0.05) is 0 Å². The number of rotatable bonds is 6. The first-order valence-corrected chi connectivity index (χ1v) is 5.18. The summed E-state index contributed by atoms with van der Waals surface area (Å²) in [7, 11) is 0. The van der Waals surface area contributed by atoms with Gasteiger partial charge in [0.15, 0.2) is 0 Å². The van der Waals surface area contributed by atoms with Crippen molar-refractivity contribution < 1.29 is 131 Å². The van der Waals surface area contributed by atoms with Crippen molar-refractivity contribution in [1.82, 2.24) is 0 Å². The SMILES string of the molecule is O=C([O-])/C=C/C(=O)[O-].O=C([O-])/C=C/C(=O)[O-].O=C([O-])/C=C/C(=O)[O-].[La+3].[La+3]. The summed E-state index contributed by atoms with van der Waals surface area (Å²) in [4.78, 5) is 56.5. The molecule has 0 aromatic rings. The number of carbonyl (C=O) groups excluding carboxylic acids is 6. The number of carboxylic acids is 6. The Bertz CT molecular complexity index is 448. The third kappa shape index (κ3) is 57.1. The van der Waals surface area contributed by atoms with Crippen molar-refractivity contribution in [2.75, 3.05) is 0 Å². The Labute approximate surface area is 201 Å². The average molecular weight is 620 g/mol. The van der Waals surface area contributed by atoms with E-state index in [-0.39, 0.29) is 71.2 Å². The van der Waals surface area contributed by atoms with Crippen molar-refractivity contribution in [2.45, 2.75) is 0 Å². The summed E-state index contributed by atoms with van der Waals surface area (Å²) in [6.45, 7) is 0. The summed E-state index contributed by atoms with van der Waals surface area (Å²) in [5.74, 6) is -9.28. The predicted molar refractivity (Wildman–Crippen MR) is 57.5 cm³/mol. The molecule has 0 N–H and O–H groups in total. The van der Waals surface area contributed by atoms with Gasteiger partial charge in [0.1, 0.15) is 0 Å². The summed E-state index contributed by atoms with van der Waals surface area (Å²) >= 11 is 0. The van der Waals surface area contributed by atoms with E-state index >= 15 is 0 Å². The van der Waals surface area contributed by atoms with Crippen molar-refractivity contribution in [3.05, 3.63) is 36.5 Å². The molecule has 0 saturated heterocycles. The molecule has 0 aliphatic carbocycles. The van der Waals surface area contributed by atoms with Gasteiger partial charge < -0.3 is 59.4 Å². The van der Waals surface area contributed by atoms with Crippen LogP contribution in [0.25, 0.3) is 0 Å². The summed E-state index contributed by atoms with van der Waals surface area (Å²) in [6, 6.07) is 0. The first kappa shape index (κ1) is 35.5. The molecule has 0 atom stereocenters. The van der Waals surface area contributed by atoms with Crippen LogP contribution in [-0.4, -0.2) is 35.8 Å². The van der Waals surface area contributed by atoms with E-state index in [0.717, 1.165) is 0 Å². The standard InChI is InChI=1S/3C4H4O4.2La/c3*5-3(6)1-2-4(7)8;;/h3*1-2H,(H,5,6)(H,7,8);;/q;;;2*+3/p-6/b3*2-1+;;. The molecule has 0 aromatic carbocycles. The third-order valence-electron chi connectivity index (χ3n) is 1.07. The van der Waals surface area contributed by atoms with Gasteiger partial charge in [-0.15, -0.1) is 0 Å². The zero-order chi connectivity index (χ0) is 19.7. The number of hydrogen-bond donors (Lipinski definition) is 0. The summed E-state index contributed by atoms with van der Waals surface area (Å²) in [6.07, 6.45) is 2.31. The van der Waals surface area contributed by atoms with Crippen LogP contribution in [0.2, 0.25) is 0 Å². The molecule has 0 aromatic heterocycles. The minimum absolute atomic E-state index is 0. The second-order valence-electron chi connectivity index (χ2n) is 2.91. The van der Waals surface area contributed by atoms with Crippen LogP contribution in [-0.2, 0) is 28.8 Å². The molecule has 0 saturated carbocycles. The van der Waals surface area contributed by atoms with Gasteiger partial charge in [-0.3, -0.25) is 0 Å². The van der Waals surface area contributed by atoms with Gasteiger partial charge in [-0.2, -0.15) is 0 Å². The molecule has 0 spiro atoms. The molecule has 0 fully saturated rings. The van der Waals surface area contributed by atoms with Gasteiger partial charge >= 0.3 is 71.2 Å². The Morgan fingerprint density at radius 3 is 0.462 bits per heavy atom. The summed E-state index contributed by atoms with van der Waals surface area (Å²) in [5, 5.41) is 56.5. The zero-order valence-electron chi connectivity index (χ0n) is 12.5. The molecule has 0 heterocycles. The maximum atomic E-state index is 9.41. The van der Waals surface area contributed by atoms with E-state index in [1.54, 1.807) is 0 Å². The van der Waals surface area contributed by atoms with Gasteiger partial charge in [-0.05, 0) is 36.5 Å². The number of carbonyl (C=O) groups is 6. The number of carboxylic acid groups (broad SMARTS) is 6. The maximum Gasteiger partial charge on any atom is 3.00 e. The van der Waals surface area contributed by atoms with Crippen LogP contribution in [0.1, 0.15) is 0 Å². The first-order chi connectivity index (χ1) is 10.9. The zero-order valence-corrected chi connectivity index (χ0v) is 19.8. The van der Waals surface area contributed by atoms with E-state index in [1.807, 2.05) is 0 Å². The topological polar surface area (TPSA) is 241 Å².